The maximum atomic E-state index is 12.8. The van der Waals surface area contributed by atoms with Crippen LogP contribution in [0.3, 0.4) is 0 Å². The van der Waals surface area contributed by atoms with Crippen molar-refractivity contribution in [2.24, 2.45) is 0 Å². The summed E-state index contributed by atoms with van der Waals surface area (Å²) in [4.78, 5) is 126. The van der Waals surface area contributed by atoms with Crippen molar-refractivity contribution < 1.29 is 53.7 Å². The van der Waals surface area contributed by atoms with E-state index in [4.69, 9.17) is 5.73 Å². The Balaban J connectivity index is 1.22. The van der Waals surface area contributed by atoms with Crippen molar-refractivity contribution >= 4 is 82.0 Å². The highest BCUT2D eigenvalue weighted by Gasteiger charge is 2.39. The largest absolute Gasteiger partial charge is 0.480 e. The molecule has 23 heteroatoms. The normalized spacial score (nSPS) is 15.4. The second-order valence-electron chi connectivity index (χ2n) is 12.7. The fourth-order valence-electron chi connectivity index (χ4n) is 5.46. The SMILES string of the molecule is CCCN1C(=O)CC(SCC(NC(=O)CCC(NC(=O)CCC(NC(=O)c2ccc(NCc3cnc4nc(N)[nH]c(=O)c4n3)cc2)C(=O)O)C(=O)O)C(=O)O)C1=O. The van der Waals surface area contributed by atoms with E-state index in [0.29, 0.717) is 17.8 Å². The zero-order valence-electron chi connectivity index (χ0n) is 30.4. The lowest BCUT2D eigenvalue weighted by Crippen LogP contribution is -2.45. The monoisotopic (exact) mass is 812 g/mol. The predicted molar refractivity (Wildman–Crippen MR) is 200 cm³/mol. The molecule has 10 N–H and O–H groups in total. The first-order chi connectivity index (χ1) is 27.1. The molecule has 4 unspecified atom stereocenters. The van der Waals surface area contributed by atoms with E-state index in [1.165, 1.54) is 30.5 Å². The zero-order valence-corrected chi connectivity index (χ0v) is 31.2. The number of anilines is 2. The van der Waals surface area contributed by atoms with Crippen molar-refractivity contribution in [2.75, 3.05) is 23.3 Å². The molecule has 1 aliphatic rings. The number of hydrogen-bond donors (Lipinski definition) is 9. The van der Waals surface area contributed by atoms with Gasteiger partial charge in [-0.1, -0.05) is 6.92 Å². The van der Waals surface area contributed by atoms with E-state index in [1.807, 2.05) is 0 Å². The van der Waals surface area contributed by atoms with Gasteiger partial charge >= 0.3 is 17.9 Å². The molecule has 57 heavy (non-hydrogen) atoms. The standard InChI is InChI=1S/C34H40N10O12S/c1-2-11-44-25(47)12-22(30(44)50)57-15-21(33(55)56)40-24(46)9-7-19(31(51)52)39-23(45)10-8-20(32(53)54)41-28(48)16-3-5-17(6-4-16)36-13-18-14-37-27-26(38-18)29(49)43-34(35)42-27/h3-6,14,19-22,36H,2,7-13,15H2,1H3,(H,39,45)(H,40,46)(H,41,48)(H,51,52)(H,53,54)(H,55,56)(H3,35,37,42,43,49). The maximum Gasteiger partial charge on any atom is 0.327 e. The molecule has 1 saturated heterocycles. The number of carbonyl (C=O) groups excluding carboxylic acids is 5. The lowest BCUT2D eigenvalue weighted by atomic mass is 10.1. The number of aromatic nitrogens is 4. The molecule has 1 fully saturated rings. The molecule has 1 aromatic carbocycles. The van der Waals surface area contributed by atoms with E-state index in [2.05, 4.69) is 41.2 Å². The lowest BCUT2D eigenvalue weighted by molar-refractivity contribution is -0.143. The summed E-state index contributed by atoms with van der Waals surface area (Å²) < 4.78 is 0. The highest BCUT2D eigenvalue weighted by Crippen LogP contribution is 2.26. The molecule has 22 nitrogen and oxygen atoms in total. The van der Waals surface area contributed by atoms with Gasteiger partial charge in [0.1, 0.15) is 18.1 Å². The van der Waals surface area contributed by atoms with Gasteiger partial charge in [-0.25, -0.2) is 24.4 Å². The molecule has 0 spiro atoms. The predicted octanol–water partition coefficient (Wildman–Crippen LogP) is -0.940. The first-order valence-corrected chi connectivity index (χ1v) is 18.5. The Labute approximate surface area is 326 Å². The molecule has 3 aromatic rings. The van der Waals surface area contributed by atoms with E-state index in [-0.39, 0.29) is 53.8 Å². The van der Waals surface area contributed by atoms with Gasteiger partial charge < -0.3 is 42.3 Å². The molecule has 0 aliphatic carbocycles. The number of carboxylic acid groups (broad SMARTS) is 3. The number of rotatable bonds is 21. The number of nitrogens with one attached hydrogen (secondary N) is 5. The average molecular weight is 813 g/mol. The van der Waals surface area contributed by atoms with Gasteiger partial charge in [-0.2, -0.15) is 4.98 Å². The number of thioether (sulfide) groups is 1. The summed E-state index contributed by atoms with van der Waals surface area (Å²) in [5.41, 5.74) is 6.09. The topological polar surface area (TPSA) is 346 Å². The van der Waals surface area contributed by atoms with E-state index < -0.39 is 96.2 Å². The van der Waals surface area contributed by atoms with Crippen molar-refractivity contribution in [1.29, 1.82) is 0 Å². The van der Waals surface area contributed by atoms with Crippen LogP contribution in [0.2, 0.25) is 0 Å². The molecule has 0 saturated carbocycles. The van der Waals surface area contributed by atoms with E-state index in [9.17, 15) is 58.5 Å². The van der Waals surface area contributed by atoms with Crippen LogP contribution in [0.15, 0.2) is 35.3 Å². The van der Waals surface area contributed by atoms with Crippen LogP contribution in [-0.2, 0) is 40.1 Å². The van der Waals surface area contributed by atoms with Gasteiger partial charge in [0, 0.05) is 42.8 Å². The summed E-state index contributed by atoms with van der Waals surface area (Å²) >= 11 is 0.911. The van der Waals surface area contributed by atoms with Gasteiger partial charge in [0.05, 0.1) is 23.7 Å². The number of aliphatic carboxylic acids is 3. The minimum atomic E-state index is -1.59. The van der Waals surface area contributed by atoms with Gasteiger partial charge in [-0.3, -0.25) is 38.7 Å². The number of benzene rings is 1. The number of fused-ring (bicyclic) bond motifs is 1. The molecular formula is C34H40N10O12S. The molecule has 3 heterocycles. The number of carbonyl (C=O) groups is 8. The molecule has 4 rings (SSSR count). The Morgan fingerprint density at radius 3 is 2.09 bits per heavy atom. The molecular weight excluding hydrogens is 772 g/mol. The average Bonchev–Trinajstić information content (AvgIpc) is 3.43. The van der Waals surface area contributed by atoms with Crippen LogP contribution >= 0.6 is 11.8 Å². The minimum Gasteiger partial charge on any atom is -0.480 e. The van der Waals surface area contributed by atoms with E-state index >= 15 is 0 Å². The van der Waals surface area contributed by atoms with Gasteiger partial charge in [0.15, 0.2) is 11.2 Å². The van der Waals surface area contributed by atoms with Crippen LogP contribution in [-0.4, -0.2) is 123 Å². The van der Waals surface area contributed by atoms with Crippen LogP contribution in [0.5, 0.6) is 0 Å². The Morgan fingerprint density at radius 1 is 0.895 bits per heavy atom. The zero-order chi connectivity index (χ0) is 41.8. The van der Waals surface area contributed by atoms with E-state index in [0.717, 1.165) is 16.7 Å². The maximum absolute atomic E-state index is 12.8. The van der Waals surface area contributed by atoms with Gasteiger partial charge in [-0.15, -0.1) is 11.8 Å². The number of imide groups is 1. The van der Waals surface area contributed by atoms with Crippen molar-refractivity contribution in [1.82, 2.24) is 40.8 Å². The fourth-order valence-corrected chi connectivity index (χ4v) is 6.64. The highest BCUT2D eigenvalue weighted by molar-refractivity contribution is 8.00. The van der Waals surface area contributed by atoms with Crippen molar-refractivity contribution in [3.63, 3.8) is 0 Å². The number of hydrogen-bond acceptors (Lipinski definition) is 15. The number of amides is 5. The summed E-state index contributed by atoms with van der Waals surface area (Å²) in [5.74, 6) is -8.00. The number of carboxylic acids is 3. The van der Waals surface area contributed by atoms with Gasteiger partial charge in [0.25, 0.3) is 11.5 Å². The summed E-state index contributed by atoms with van der Waals surface area (Å²) in [5, 5.41) is 37.9. The lowest BCUT2D eigenvalue weighted by Gasteiger charge is -2.18. The third-order valence-corrected chi connectivity index (χ3v) is 9.71. The first kappa shape index (κ1) is 43.1. The van der Waals surface area contributed by atoms with Crippen molar-refractivity contribution in [3.8, 4) is 0 Å². The Morgan fingerprint density at radius 2 is 1.49 bits per heavy atom. The molecule has 0 radical (unpaired) electrons. The number of H-pyrrole nitrogens is 1. The van der Waals surface area contributed by atoms with Crippen LogP contribution in [0.4, 0.5) is 11.6 Å². The highest BCUT2D eigenvalue weighted by atomic mass is 32.2. The van der Waals surface area contributed by atoms with Crippen molar-refractivity contribution in [3.05, 3.63) is 52.1 Å². The minimum absolute atomic E-state index is 0.00207. The number of aromatic amines is 1. The number of nitrogen functional groups attached to an aromatic ring is 1. The molecule has 0 bridgehead atoms. The van der Waals surface area contributed by atoms with Gasteiger partial charge in [-0.05, 0) is 43.5 Å². The third kappa shape index (κ3) is 12.2. The quantitative estimate of drug-likeness (QED) is 0.0586. The van der Waals surface area contributed by atoms with E-state index in [1.54, 1.807) is 6.92 Å². The summed E-state index contributed by atoms with van der Waals surface area (Å²) in [7, 11) is 0. The molecule has 1 aliphatic heterocycles. The first-order valence-electron chi connectivity index (χ1n) is 17.4. The Kier molecular flexibility index (Phi) is 15.0. The number of likely N-dealkylation sites (tertiary alicyclic amines) is 1. The Bertz CT molecular complexity index is 2100. The Hall–Kier alpha value is -6.65. The third-order valence-electron chi connectivity index (χ3n) is 8.41. The summed E-state index contributed by atoms with van der Waals surface area (Å²) in [6.07, 6.45) is -0.00550. The van der Waals surface area contributed by atoms with Crippen LogP contribution in [0.1, 0.15) is 61.5 Å². The molecule has 2 aromatic heterocycles. The van der Waals surface area contributed by atoms with Crippen LogP contribution < -0.4 is 32.6 Å². The molecule has 4 atom stereocenters. The van der Waals surface area contributed by atoms with Crippen LogP contribution in [0, 0.1) is 0 Å². The summed E-state index contributed by atoms with van der Waals surface area (Å²) in [6.45, 7) is 2.19. The second-order valence-corrected chi connectivity index (χ2v) is 13.9. The smallest absolute Gasteiger partial charge is 0.327 e. The number of nitrogens with two attached hydrogens (primary N) is 1. The van der Waals surface area contributed by atoms with Crippen LogP contribution in [0.25, 0.3) is 11.2 Å². The molecule has 5 amide bonds. The number of nitrogens with zero attached hydrogens (tertiary/aromatic N) is 4. The fraction of sp³-hybridized carbons (Fsp3) is 0.412. The summed E-state index contributed by atoms with van der Waals surface area (Å²) in [6, 6.07) is 1.33. The molecule has 304 valence electrons. The van der Waals surface area contributed by atoms with Crippen molar-refractivity contribution in [2.45, 2.75) is 75.4 Å². The van der Waals surface area contributed by atoms with Gasteiger partial charge in [0.2, 0.25) is 29.6 Å². The second kappa shape index (κ2) is 19.8.